The van der Waals surface area contributed by atoms with E-state index < -0.39 is 14.8 Å². The zero-order chi connectivity index (χ0) is 16.6. The quantitative estimate of drug-likeness (QED) is 0.681. The summed E-state index contributed by atoms with van der Waals surface area (Å²) in [5, 5.41) is 13.4. The van der Waals surface area contributed by atoms with Crippen molar-refractivity contribution in [1.82, 2.24) is 0 Å². The SMILES string of the molecule is O=C1Cc2cc(S(=O)(=O)Cc3cccc([N+](=O)[O-])c3)ccc2N1. The maximum atomic E-state index is 12.5. The number of anilines is 1. The summed E-state index contributed by atoms with van der Waals surface area (Å²) in [5.41, 5.74) is 1.44. The van der Waals surface area contributed by atoms with Crippen molar-refractivity contribution in [3.63, 3.8) is 0 Å². The summed E-state index contributed by atoms with van der Waals surface area (Å²) >= 11 is 0. The van der Waals surface area contributed by atoms with Crippen LogP contribution in [-0.4, -0.2) is 19.2 Å². The number of hydrogen-bond acceptors (Lipinski definition) is 5. The molecule has 1 aliphatic heterocycles. The first kappa shape index (κ1) is 15.2. The number of nitro groups is 1. The lowest BCUT2D eigenvalue weighted by Crippen LogP contribution is -2.05. The molecule has 8 heteroatoms. The van der Waals surface area contributed by atoms with E-state index in [0.29, 0.717) is 16.8 Å². The average molecular weight is 332 g/mol. The monoisotopic (exact) mass is 332 g/mol. The van der Waals surface area contributed by atoms with Crippen LogP contribution in [0.1, 0.15) is 11.1 Å². The van der Waals surface area contributed by atoms with E-state index in [9.17, 15) is 23.3 Å². The van der Waals surface area contributed by atoms with Crippen LogP contribution in [0.4, 0.5) is 11.4 Å². The van der Waals surface area contributed by atoms with Crippen LogP contribution in [0.15, 0.2) is 47.4 Å². The van der Waals surface area contributed by atoms with Crippen molar-refractivity contribution in [1.29, 1.82) is 0 Å². The second kappa shape index (κ2) is 5.47. The molecule has 0 bridgehead atoms. The summed E-state index contributed by atoms with van der Waals surface area (Å²) in [6, 6.07) is 9.99. The third kappa shape index (κ3) is 3.07. The van der Waals surface area contributed by atoms with Gasteiger partial charge in [0.25, 0.3) is 5.69 Å². The van der Waals surface area contributed by atoms with Gasteiger partial charge in [0.2, 0.25) is 5.91 Å². The van der Waals surface area contributed by atoms with Crippen LogP contribution in [-0.2, 0) is 26.8 Å². The molecule has 0 unspecified atom stereocenters. The minimum absolute atomic E-state index is 0.0965. The van der Waals surface area contributed by atoms with Crippen molar-refractivity contribution in [3.8, 4) is 0 Å². The van der Waals surface area contributed by atoms with E-state index in [-0.39, 0.29) is 28.7 Å². The van der Waals surface area contributed by atoms with Gasteiger partial charge in [0.05, 0.1) is 22.0 Å². The van der Waals surface area contributed by atoms with Crippen molar-refractivity contribution in [2.45, 2.75) is 17.1 Å². The number of nitrogens with one attached hydrogen (secondary N) is 1. The number of fused-ring (bicyclic) bond motifs is 1. The Labute approximate surface area is 132 Å². The highest BCUT2D eigenvalue weighted by Crippen LogP contribution is 2.27. The Morgan fingerprint density at radius 1 is 1.17 bits per heavy atom. The first-order chi connectivity index (χ1) is 10.8. The van der Waals surface area contributed by atoms with E-state index in [1.54, 1.807) is 6.07 Å². The first-order valence-electron chi connectivity index (χ1n) is 6.74. The Balaban J connectivity index is 1.91. The van der Waals surface area contributed by atoms with Crippen LogP contribution in [0, 0.1) is 10.1 Å². The van der Waals surface area contributed by atoms with Crippen LogP contribution in [0.3, 0.4) is 0 Å². The number of non-ortho nitro benzene ring substituents is 1. The van der Waals surface area contributed by atoms with Crippen LogP contribution in [0.5, 0.6) is 0 Å². The van der Waals surface area contributed by atoms with Gasteiger partial charge >= 0.3 is 0 Å². The molecule has 23 heavy (non-hydrogen) atoms. The Morgan fingerprint density at radius 3 is 2.70 bits per heavy atom. The van der Waals surface area contributed by atoms with Crippen molar-refractivity contribution in [2.24, 2.45) is 0 Å². The normalized spacial score (nSPS) is 13.5. The van der Waals surface area contributed by atoms with Crippen molar-refractivity contribution < 1.29 is 18.1 Å². The van der Waals surface area contributed by atoms with Gasteiger partial charge in [-0.2, -0.15) is 0 Å². The Morgan fingerprint density at radius 2 is 1.96 bits per heavy atom. The molecule has 0 saturated carbocycles. The molecule has 1 heterocycles. The summed E-state index contributed by atoms with van der Waals surface area (Å²) < 4.78 is 25.0. The van der Waals surface area contributed by atoms with Crippen LogP contribution < -0.4 is 5.32 Å². The fourth-order valence-corrected chi connectivity index (χ4v) is 3.84. The summed E-state index contributed by atoms with van der Waals surface area (Å²) in [6.45, 7) is 0. The van der Waals surface area contributed by atoms with Gasteiger partial charge in [-0.3, -0.25) is 14.9 Å². The summed E-state index contributed by atoms with van der Waals surface area (Å²) in [7, 11) is -3.66. The molecule has 0 atom stereocenters. The second-order valence-electron chi connectivity index (χ2n) is 5.23. The van der Waals surface area contributed by atoms with Crippen molar-refractivity contribution in [2.75, 3.05) is 5.32 Å². The zero-order valence-electron chi connectivity index (χ0n) is 11.9. The first-order valence-corrected chi connectivity index (χ1v) is 8.39. The topological polar surface area (TPSA) is 106 Å². The van der Waals surface area contributed by atoms with Gasteiger partial charge in [-0.1, -0.05) is 12.1 Å². The number of nitrogens with zero attached hydrogens (tertiary/aromatic N) is 1. The number of carbonyl (C=O) groups excluding carboxylic acids is 1. The summed E-state index contributed by atoms with van der Waals surface area (Å²) in [5.74, 6) is -0.511. The molecule has 1 aliphatic rings. The molecule has 0 spiro atoms. The molecular weight excluding hydrogens is 320 g/mol. The molecule has 2 aromatic carbocycles. The lowest BCUT2D eigenvalue weighted by Gasteiger charge is -2.07. The number of sulfone groups is 1. The number of amides is 1. The fourth-order valence-electron chi connectivity index (χ4n) is 2.46. The highest BCUT2D eigenvalue weighted by atomic mass is 32.2. The molecule has 7 nitrogen and oxygen atoms in total. The highest BCUT2D eigenvalue weighted by molar-refractivity contribution is 7.90. The number of carbonyl (C=O) groups is 1. The van der Waals surface area contributed by atoms with E-state index in [1.165, 1.54) is 36.4 Å². The predicted octanol–water partition coefficient (Wildman–Crippen LogP) is 2.06. The fraction of sp³-hybridized carbons (Fsp3) is 0.133. The smallest absolute Gasteiger partial charge is 0.269 e. The zero-order valence-corrected chi connectivity index (χ0v) is 12.7. The number of rotatable bonds is 4. The van der Waals surface area contributed by atoms with E-state index in [1.807, 2.05) is 0 Å². The van der Waals surface area contributed by atoms with Gasteiger partial charge < -0.3 is 5.32 Å². The molecule has 2 aromatic rings. The molecule has 0 aromatic heterocycles. The predicted molar refractivity (Wildman–Crippen MR) is 82.8 cm³/mol. The van der Waals surface area contributed by atoms with Gasteiger partial charge in [0.15, 0.2) is 9.84 Å². The molecule has 1 amide bonds. The molecule has 0 radical (unpaired) electrons. The third-order valence-electron chi connectivity index (χ3n) is 3.54. The largest absolute Gasteiger partial charge is 0.326 e. The van der Waals surface area contributed by atoms with Crippen molar-refractivity contribution in [3.05, 3.63) is 63.7 Å². The lowest BCUT2D eigenvalue weighted by molar-refractivity contribution is -0.384. The molecule has 0 fully saturated rings. The standard InChI is InChI=1S/C15H12N2O5S/c18-15-8-11-7-13(4-5-14(11)16-15)23(21,22)9-10-2-1-3-12(6-10)17(19)20/h1-7H,8-9H2,(H,16,18). The number of benzene rings is 2. The number of nitro benzene ring substituents is 1. The minimum Gasteiger partial charge on any atom is -0.326 e. The van der Waals surface area contributed by atoms with Crippen LogP contribution in [0.2, 0.25) is 0 Å². The molecule has 0 saturated heterocycles. The van der Waals surface area contributed by atoms with E-state index >= 15 is 0 Å². The summed E-state index contributed by atoms with van der Waals surface area (Å²) in [6.07, 6.45) is 0.148. The molecule has 118 valence electrons. The molecular formula is C15H12N2O5S. The Kier molecular flexibility index (Phi) is 3.61. The second-order valence-corrected chi connectivity index (χ2v) is 7.22. The van der Waals surface area contributed by atoms with E-state index in [0.717, 1.165) is 0 Å². The Bertz CT molecular complexity index is 921. The van der Waals surface area contributed by atoms with E-state index in [4.69, 9.17) is 0 Å². The maximum absolute atomic E-state index is 12.5. The lowest BCUT2D eigenvalue weighted by atomic mass is 10.2. The van der Waals surface area contributed by atoms with Gasteiger partial charge in [-0.25, -0.2) is 8.42 Å². The molecule has 1 N–H and O–H groups in total. The van der Waals surface area contributed by atoms with Gasteiger partial charge in [0, 0.05) is 17.8 Å². The Hall–Kier alpha value is -2.74. The highest BCUT2D eigenvalue weighted by Gasteiger charge is 2.22. The maximum Gasteiger partial charge on any atom is 0.269 e. The van der Waals surface area contributed by atoms with Crippen LogP contribution in [0.25, 0.3) is 0 Å². The van der Waals surface area contributed by atoms with Crippen LogP contribution >= 0.6 is 0 Å². The number of hydrogen-bond donors (Lipinski definition) is 1. The molecule has 3 rings (SSSR count). The molecule has 0 aliphatic carbocycles. The van der Waals surface area contributed by atoms with Gasteiger partial charge in [-0.05, 0) is 29.3 Å². The third-order valence-corrected chi connectivity index (χ3v) is 5.22. The van der Waals surface area contributed by atoms with Gasteiger partial charge in [0.1, 0.15) is 0 Å². The van der Waals surface area contributed by atoms with E-state index in [2.05, 4.69) is 5.32 Å². The average Bonchev–Trinajstić information content (AvgIpc) is 2.86. The van der Waals surface area contributed by atoms with Crippen molar-refractivity contribution >= 4 is 27.1 Å². The minimum atomic E-state index is -3.66. The summed E-state index contributed by atoms with van der Waals surface area (Å²) in [4.78, 5) is 21.6. The van der Waals surface area contributed by atoms with Gasteiger partial charge in [-0.15, -0.1) is 0 Å².